The van der Waals surface area contributed by atoms with Crippen LogP contribution in [0.25, 0.3) is 0 Å². The summed E-state index contributed by atoms with van der Waals surface area (Å²) in [7, 11) is 1.63. The molecule has 2 aromatic rings. The number of ketones is 1. The lowest BCUT2D eigenvalue weighted by atomic mass is 10.1. The minimum absolute atomic E-state index is 0.0339. The van der Waals surface area contributed by atoms with Crippen molar-refractivity contribution in [1.82, 2.24) is 4.90 Å². The van der Waals surface area contributed by atoms with Crippen molar-refractivity contribution >= 4 is 23.3 Å². The Hall–Kier alpha value is -3.61. The monoisotopic (exact) mass is 394 g/mol. The van der Waals surface area contributed by atoms with Crippen molar-refractivity contribution in [1.29, 1.82) is 0 Å². The van der Waals surface area contributed by atoms with Crippen LogP contribution >= 0.6 is 0 Å². The second kappa shape index (κ2) is 9.05. The van der Waals surface area contributed by atoms with Gasteiger partial charge in [-0.15, -0.1) is 0 Å². The van der Waals surface area contributed by atoms with Crippen LogP contribution in [-0.2, 0) is 30.4 Å². The molecule has 29 heavy (non-hydrogen) atoms. The van der Waals surface area contributed by atoms with Gasteiger partial charge in [0.2, 0.25) is 11.7 Å². The lowest BCUT2D eigenvalue weighted by Gasteiger charge is -2.17. The number of nitrogens with zero attached hydrogens (tertiary/aromatic N) is 1. The van der Waals surface area contributed by atoms with Gasteiger partial charge < -0.3 is 19.7 Å². The molecule has 0 fully saturated rings. The molecule has 7 nitrogen and oxygen atoms in total. The number of aryl methyl sites for hydroxylation is 1. The van der Waals surface area contributed by atoms with E-state index in [2.05, 4.69) is 5.32 Å². The first-order valence-electron chi connectivity index (χ1n) is 9.13. The summed E-state index contributed by atoms with van der Waals surface area (Å²) in [6.07, 6.45) is 0. The van der Waals surface area contributed by atoms with E-state index in [9.17, 15) is 14.4 Å². The number of hydrogen-bond acceptors (Lipinski definition) is 6. The maximum atomic E-state index is 12.4. The van der Waals surface area contributed by atoms with E-state index in [-0.39, 0.29) is 24.0 Å². The zero-order valence-corrected chi connectivity index (χ0v) is 16.3. The fourth-order valence-corrected chi connectivity index (χ4v) is 2.73. The quantitative estimate of drug-likeness (QED) is 0.574. The molecule has 150 valence electrons. The van der Waals surface area contributed by atoms with Crippen molar-refractivity contribution in [3.8, 4) is 0 Å². The number of carbonyl (C=O) groups is 3. The standard InChI is InChI=1S/C22H22N2O5/c1-15-8-10-16(11-9-15)12-24(2)19(26)14-29-22(27)20-18(25)13-28-21(20)23-17-6-4-3-5-7-17/h3-11,23H,12-14H2,1-2H3. The van der Waals surface area contributed by atoms with Gasteiger partial charge in [0.05, 0.1) is 0 Å². The zero-order valence-electron chi connectivity index (χ0n) is 16.3. The summed E-state index contributed by atoms with van der Waals surface area (Å²) in [5, 5.41) is 2.89. The summed E-state index contributed by atoms with van der Waals surface area (Å²) < 4.78 is 10.3. The summed E-state index contributed by atoms with van der Waals surface area (Å²) in [6.45, 7) is 1.67. The number of para-hydroxylation sites is 1. The van der Waals surface area contributed by atoms with Crippen molar-refractivity contribution in [2.24, 2.45) is 0 Å². The number of hydrogen-bond donors (Lipinski definition) is 1. The Morgan fingerprint density at radius 1 is 1.10 bits per heavy atom. The van der Waals surface area contributed by atoms with Crippen LogP contribution in [0, 0.1) is 6.92 Å². The predicted molar refractivity (Wildman–Crippen MR) is 107 cm³/mol. The molecule has 1 aliphatic rings. The summed E-state index contributed by atoms with van der Waals surface area (Å²) in [5.41, 5.74) is 2.54. The van der Waals surface area contributed by atoms with Crippen molar-refractivity contribution in [2.75, 3.05) is 25.6 Å². The Morgan fingerprint density at radius 3 is 2.48 bits per heavy atom. The number of amides is 1. The molecular formula is C22H22N2O5. The van der Waals surface area contributed by atoms with Gasteiger partial charge in [0.1, 0.15) is 0 Å². The Kier molecular flexibility index (Phi) is 6.29. The van der Waals surface area contributed by atoms with Crippen LogP contribution < -0.4 is 5.32 Å². The van der Waals surface area contributed by atoms with E-state index < -0.39 is 18.4 Å². The molecular weight excluding hydrogens is 372 g/mol. The Labute approximate surface area is 168 Å². The second-order valence-electron chi connectivity index (χ2n) is 6.72. The Morgan fingerprint density at radius 2 is 1.79 bits per heavy atom. The fourth-order valence-electron chi connectivity index (χ4n) is 2.73. The third-order valence-corrected chi connectivity index (χ3v) is 4.38. The molecule has 0 aromatic heterocycles. The number of anilines is 1. The molecule has 1 N–H and O–H groups in total. The largest absolute Gasteiger partial charge is 0.470 e. The first kappa shape index (κ1) is 20.1. The average Bonchev–Trinajstić information content (AvgIpc) is 3.08. The summed E-state index contributed by atoms with van der Waals surface area (Å²) >= 11 is 0. The van der Waals surface area contributed by atoms with Gasteiger partial charge in [0.25, 0.3) is 5.91 Å². The molecule has 0 bridgehead atoms. The molecule has 0 saturated heterocycles. The minimum Gasteiger partial charge on any atom is -0.470 e. The van der Waals surface area contributed by atoms with Gasteiger partial charge in [-0.05, 0) is 24.6 Å². The van der Waals surface area contributed by atoms with E-state index in [1.165, 1.54) is 4.90 Å². The van der Waals surface area contributed by atoms with Crippen molar-refractivity contribution in [3.05, 3.63) is 77.2 Å². The molecule has 0 saturated carbocycles. The maximum Gasteiger partial charge on any atom is 0.347 e. The molecule has 3 rings (SSSR count). The highest BCUT2D eigenvalue weighted by Gasteiger charge is 2.33. The van der Waals surface area contributed by atoms with Crippen molar-refractivity contribution in [3.63, 3.8) is 0 Å². The van der Waals surface area contributed by atoms with Gasteiger partial charge in [0.15, 0.2) is 18.8 Å². The lowest BCUT2D eigenvalue weighted by Crippen LogP contribution is -2.31. The topological polar surface area (TPSA) is 84.9 Å². The van der Waals surface area contributed by atoms with E-state index >= 15 is 0 Å². The third kappa shape index (κ3) is 5.22. The van der Waals surface area contributed by atoms with E-state index in [0.717, 1.165) is 11.1 Å². The van der Waals surface area contributed by atoms with E-state index in [0.29, 0.717) is 12.2 Å². The van der Waals surface area contributed by atoms with Crippen LogP contribution in [0.2, 0.25) is 0 Å². The van der Waals surface area contributed by atoms with Gasteiger partial charge in [-0.2, -0.15) is 0 Å². The number of ether oxygens (including phenoxy) is 2. The van der Waals surface area contributed by atoms with Gasteiger partial charge >= 0.3 is 5.97 Å². The molecule has 0 atom stereocenters. The van der Waals surface area contributed by atoms with Crippen LogP contribution in [0.15, 0.2) is 66.1 Å². The number of rotatable bonds is 7. The molecule has 0 aliphatic carbocycles. The first-order valence-corrected chi connectivity index (χ1v) is 9.13. The predicted octanol–water partition coefficient (Wildman–Crippen LogP) is 2.42. The van der Waals surface area contributed by atoms with Crippen LogP contribution in [0.4, 0.5) is 5.69 Å². The summed E-state index contributed by atoms with van der Waals surface area (Å²) in [5.74, 6) is -1.72. The SMILES string of the molecule is Cc1ccc(CN(C)C(=O)COC(=O)C2=C(Nc3ccccc3)OCC2=O)cc1. The van der Waals surface area contributed by atoms with Crippen molar-refractivity contribution in [2.45, 2.75) is 13.5 Å². The van der Waals surface area contributed by atoms with E-state index in [4.69, 9.17) is 9.47 Å². The van der Waals surface area contributed by atoms with Gasteiger partial charge in [-0.1, -0.05) is 48.0 Å². The Balaban J connectivity index is 1.59. The van der Waals surface area contributed by atoms with Crippen LogP contribution in [0.1, 0.15) is 11.1 Å². The molecule has 0 radical (unpaired) electrons. The third-order valence-electron chi connectivity index (χ3n) is 4.38. The highest BCUT2D eigenvalue weighted by molar-refractivity contribution is 6.20. The summed E-state index contributed by atoms with van der Waals surface area (Å²) in [6, 6.07) is 16.8. The first-order chi connectivity index (χ1) is 13.9. The average molecular weight is 394 g/mol. The molecule has 1 aliphatic heterocycles. The summed E-state index contributed by atoms with van der Waals surface area (Å²) in [4.78, 5) is 38.2. The van der Waals surface area contributed by atoms with E-state index in [1.807, 2.05) is 37.3 Å². The number of esters is 1. The molecule has 1 amide bonds. The van der Waals surface area contributed by atoms with Gasteiger partial charge in [0, 0.05) is 19.3 Å². The number of carbonyl (C=O) groups excluding carboxylic acids is 3. The number of benzene rings is 2. The number of nitrogens with one attached hydrogen (secondary N) is 1. The van der Waals surface area contributed by atoms with Crippen molar-refractivity contribution < 1.29 is 23.9 Å². The zero-order chi connectivity index (χ0) is 20.8. The smallest absolute Gasteiger partial charge is 0.347 e. The van der Waals surface area contributed by atoms with E-state index in [1.54, 1.807) is 31.3 Å². The lowest BCUT2D eigenvalue weighted by molar-refractivity contribution is -0.149. The maximum absolute atomic E-state index is 12.4. The van der Waals surface area contributed by atoms with Gasteiger partial charge in [-0.3, -0.25) is 9.59 Å². The highest BCUT2D eigenvalue weighted by Crippen LogP contribution is 2.20. The number of likely N-dealkylation sites (N-methyl/N-ethyl adjacent to an activating group) is 1. The van der Waals surface area contributed by atoms with Crippen LogP contribution in [0.3, 0.4) is 0 Å². The molecule has 1 heterocycles. The molecule has 2 aromatic carbocycles. The normalized spacial score (nSPS) is 13.1. The highest BCUT2D eigenvalue weighted by atomic mass is 16.5. The minimum atomic E-state index is -0.886. The fraction of sp³-hybridized carbons (Fsp3) is 0.227. The van der Waals surface area contributed by atoms with Crippen LogP contribution in [0.5, 0.6) is 0 Å². The second-order valence-corrected chi connectivity index (χ2v) is 6.72. The Bertz CT molecular complexity index is 935. The molecule has 0 unspecified atom stereocenters. The van der Waals surface area contributed by atoms with Gasteiger partial charge in [-0.25, -0.2) is 4.79 Å². The molecule has 7 heteroatoms. The van der Waals surface area contributed by atoms with Crippen LogP contribution in [-0.4, -0.2) is 42.8 Å². The molecule has 0 spiro atoms. The number of Topliss-reactive ketones (excluding diaryl/α,β-unsaturated/α-hetero) is 1.